The Labute approximate surface area is 111 Å². The molecule has 0 saturated carbocycles. The Kier molecular flexibility index (Phi) is 3.93. The van der Waals surface area contributed by atoms with Gasteiger partial charge in [-0.3, -0.25) is 4.57 Å². The molecule has 2 aromatic heterocycles. The molecule has 0 aliphatic rings. The van der Waals surface area contributed by atoms with Crippen LogP contribution in [0, 0.1) is 12.3 Å². The molecule has 0 saturated heterocycles. The molecule has 0 aromatic carbocycles. The molecule has 1 atom stereocenters. The van der Waals surface area contributed by atoms with E-state index in [9.17, 15) is 0 Å². The van der Waals surface area contributed by atoms with Crippen molar-refractivity contribution in [3.05, 3.63) is 18.7 Å². The molecule has 1 N–H and O–H groups in total. The van der Waals surface area contributed by atoms with E-state index >= 15 is 0 Å². The molecule has 0 radical (unpaired) electrons. The Morgan fingerprint density at radius 3 is 2.95 bits per heavy atom. The normalized spacial score (nSPS) is 11.6. The minimum atomic E-state index is -0.410. The molecule has 0 aliphatic carbocycles. The van der Waals surface area contributed by atoms with Crippen LogP contribution in [-0.2, 0) is 0 Å². The molecule has 19 heavy (non-hydrogen) atoms. The highest BCUT2D eigenvalue weighted by atomic mass is 16.5. The van der Waals surface area contributed by atoms with Crippen molar-refractivity contribution in [3.8, 4) is 24.3 Å². The van der Waals surface area contributed by atoms with E-state index in [2.05, 4.69) is 31.2 Å². The Bertz CT molecular complexity index is 574. The second-order valence-corrected chi connectivity index (χ2v) is 3.67. The monoisotopic (exact) mass is 258 g/mol. The highest BCUT2D eigenvalue weighted by Crippen LogP contribution is 2.12. The standard InChI is InChI=1S/C12H14N6O/c1-4-9(3)19-12-16-10(14-5-2)15-11(17-12)18-7-6-13-8-18/h1,6-9H,5H2,2-3H3,(H,14,15,16,17). The van der Waals surface area contributed by atoms with Crippen LogP contribution in [0.4, 0.5) is 5.95 Å². The summed E-state index contributed by atoms with van der Waals surface area (Å²) in [6.07, 6.45) is 9.83. The predicted molar refractivity (Wildman–Crippen MR) is 70.0 cm³/mol. The average Bonchev–Trinajstić information content (AvgIpc) is 2.92. The molecule has 7 nitrogen and oxygen atoms in total. The summed E-state index contributed by atoms with van der Waals surface area (Å²) in [5.41, 5.74) is 0. The lowest BCUT2D eigenvalue weighted by atomic mass is 10.4. The summed E-state index contributed by atoms with van der Waals surface area (Å²) in [6, 6.07) is 0.181. The van der Waals surface area contributed by atoms with Gasteiger partial charge in [0.25, 0.3) is 0 Å². The second kappa shape index (κ2) is 5.82. The van der Waals surface area contributed by atoms with E-state index in [1.807, 2.05) is 6.92 Å². The first-order valence-corrected chi connectivity index (χ1v) is 5.84. The summed E-state index contributed by atoms with van der Waals surface area (Å²) >= 11 is 0. The van der Waals surface area contributed by atoms with Gasteiger partial charge in [0.05, 0.1) is 0 Å². The molecule has 2 rings (SSSR count). The maximum atomic E-state index is 5.42. The number of ether oxygens (including phenoxy) is 1. The maximum Gasteiger partial charge on any atom is 0.324 e. The van der Waals surface area contributed by atoms with Crippen LogP contribution in [0.1, 0.15) is 13.8 Å². The third-order valence-electron chi connectivity index (χ3n) is 2.19. The third-order valence-corrected chi connectivity index (χ3v) is 2.19. The molecule has 0 spiro atoms. The first-order valence-electron chi connectivity index (χ1n) is 5.84. The molecule has 1 unspecified atom stereocenters. The largest absolute Gasteiger partial charge is 0.447 e. The molecule has 2 heterocycles. The minimum Gasteiger partial charge on any atom is -0.447 e. The van der Waals surface area contributed by atoms with Crippen LogP contribution in [0.3, 0.4) is 0 Å². The van der Waals surface area contributed by atoms with E-state index in [1.165, 1.54) is 0 Å². The Morgan fingerprint density at radius 2 is 2.32 bits per heavy atom. The van der Waals surface area contributed by atoms with Gasteiger partial charge in [-0.1, -0.05) is 5.92 Å². The van der Waals surface area contributed by atoms with Crippen molar-refractivity contribution in [1.29, 1.82) is 0 Å². The van der Waals surface area contributed by atoms with Gasteiger partial charge in [0, 0.05) is 18.9 Å². The van der Waals surface area contributed by atoms with E-state index in [1.54, 1.807) is 30.2 Å². The first-order chi connectivity index (χ1) is 9.22. The zero-order chi connectivity index (χ0) is 13.7. The number of nitrogens with one attached hydrogen (secondary N) is 1. The van der Waals surface area contributed by atoms with Crippen molar-refractivity contribution >= 4 is 5.95 Å². The molecule has 0 bridgehead atoms. The topological polar surface area (TPSA) is 77.8 Å². The summed E-state index contributed by atoms with van der Waals surface area (Å²) in [5, 5.41) is 3.01. The van der Waals surface area contributed by atoms with E-state index in [0.29, 0.717) is 18.4 Å². The van der Waals surface area contributed by atoms with Crippen LogP contribution in [0.25, 0.3) is 5.95 Å². The van der Waals surface area contributed by atoms with Gasteiger partial charge >= 0.3 is 6.01 Å². The summed E-state index contributed by atoms with van der Waals surface area (Å²) in [7, 11) is 0. The summed E-state index contributed by atoms with van der Waals surface area (Å²) < 4.78 is 7.08. The molecule has 0 amide bonds. The quantitative estimate of drug-likeness (QED) is 0.802. The van der Waals surface area contributed by atoms with Crippen molar-refractivity contribution in [2.75, 3.05) is 11.9 Å². The van der Waals surface area contributed by atoms with Crippen molar-refractivity contribution in [3.63, 3.8) is 0 Å². The number of imidazole rings is 1. The van der Waals surface area contributed by atoms with Crippen LogP contribution < -0.4 is 10.1 Å². The molecule has 0 fully saturated rings. The number of rotatable bonds is 5. The molecular formula is C12H14N6O. The van der Waals surface area contributed by atoms with E-state index in [0.717, 1.165) is 0 Å². The number of nitrogens with zero attached hydrogens (tertiary/aromatic N) is 5. The molecule has 0 aliphatic heterocycles. The zero-order valence-electron chi connectivity index (χ0n) is 10.7. The highest BCUT2D eigenvalue weighted by molar-refractivity contribution is 5.30. The fourth-order valence-corrected chi connectivity index (χ4v) is 1.32. The zero-order valence-corrected chi connectivity index (χ0v) is 10.7. The van der Waals surface area contributed by atoms with Gasteiger partial charge in [0.15, 0.2) is 6.10 Å². The number of hydrogen-bond acceptors (Lipinski definition) is 6. The SMILES string of the molecule is C#CC(C)Oc1nc(NCC)nc(-n2ccnc2)n1. The van der Waals surface area contributed by atoms with Crippen LogP contribution in [0.2, 0.25) is 0 Å². The highest BCUT2D eigenvalue weighted by Gasteiger charge is 2.10. The lowest BCUT2D eigenvalue weighted by Crippen LogP contribution is -2.14. The molecule has 98 valence electrons. The van der Waals surface area contributed by atoms with Crippen LogP contribution >= 0.6 is 0 Å². The lowest BCUT2D eigenvalue weighted by molar-refractivity contribution is 0.255. The molecule has 2 aromatic rings. The van der Waals surface area contributed by atoms with Crippen LogP contribution in [0.5, 0.6) is 6.01 Å². The average molecular weight is 258 g/mol. The van der Waals surface area contributed by atoms with Gasteiger partial charge in [-0.15, -0.1) is 6.42 Å². The Balaban J connectivity index is 2.35. The number of anilines is 1. The van der Waals surface area contributed by atoms with Gasteiger partial charge in [-0.25, -0.2) is 4.98 Å². The van der Waals surface area contributed by atoms with E-state index in [-0.39, 0.29) is 6.01 Å². The van der Waals surface area contributed by atoms with Gasteiger partial charge in [-0.2, -0.15) is 15.0 Å². The predicted octanol–water partition coefficient (Wildman–Crippen LogP) is 0.890. The van der Waals surface area contributed by atoms with Crippen molar-refractivity contribution < 1.29 is 4.74 Å². The summed E-state index contributed by atoms with van der Waals surface area (Å²) in [5.74, 6) is 3.31. The number of terminal acetylenes is 1. The summed E-state index contributed by atoms with van der Waals surface area (Å²) in [6.45, 7) is 4.39. The Morgan fingerprint density at radius 1 is 1.47 bits per heavy atom. The number of aromatic nitrogens is 5. The van der Waals surface area contributed by atoms with Gasteiger partial charge < -0.3 is 10.1 Å². The van der Waals surface area contributed by atoms with Crippen molar-refractivity contribution in [2.24, 2.45) is 0 Å². The lowest BCUT2D eigenvalue weighted by Gasteiger charge is -2.10. The Hall–Kier alpha value is -2.62. The molecular weight excluding hydrogens is 244 g/mol. The van der Waals surface area contributed by atoms with Gasteiger partial charge in [0.1, 0.15) is 6.33 Å². The van der Waals surface area contributed by atoms with Crippen LogP contribution in [0.15, 0.2) is 18.7 Å². The second-order valence-electron chi connectivity index (χ2n) is 3.67. The summed E-state index contributed by atoms with van der Waals surface area (Å²) in [4.78, 5) is 16.5. The molecule has 7 heteroatoms. The number of hydrogen-bond donors (Lipinski definition) is 1. The van der Waals surface area contributed by atoms with Crippen molar-refractivity contribution in [1.82, 2.24) is 24.5 Å². The van der Waals surface area contributed by atoms with Crippen molar-refractivity contribution in [2.45, 2.75) is 20.0 Å². The fraction of sp³-hybridized carbons (Fsp3) is 0.333. The van der Waals surface area contributed by atoms with Crippen LogP contribution in [-0.4, -0.2) is 37.2 Å². The third kappa shape index (κ3) is 3.19. The van der Waals surface area contributed by atoms with E-state index < -0.39 is 6.10 Å². The van der Waals surface area contributed by atoms with Gasteiger partial charge in [-0.05, 0) is 13.8 Å². The minimum absolute atomic E-state index is 0.181. The first kappa shape index (κ1) is 12.8. The van der Waals surface area contributed by atoms with Gasteiger partial charge in [0.2, 0.25) is 11.9 Å². The maximum absolute atomic E-state index is 5.42. The fourth-order valence-electron chi connectivity index (χ4n) is 1.32. The van der Waals surface area contributed by atoms with E-state index in [4.69, 9.17) is 11.2 Å². The smallest absolute Gasteiger partial charge is 0.324 e.